The third kappa shape index (κ3) is 24.8. The van der Waals surface area contributed by atoms with Gasteiger partial charge < -0.3 is 208 Å². The summed E-state index contributed by atoms with van der Waals surface area (Å²) in [6.45, 7) is 4.70. The van der Waals surface area contributed by atoms with Crippen LogP contribution in [0.4, 0.5) is 0 Å². The van der Waals surface area contributed by atoms with Crippen molar-refractivity contribution in [3.63, 3.8) is 0 Å². The van der Waals surface area contributed by atoms with E-state index in [1.54, 1.807) is 0 Å². The molecule has 2 aliphatic carbocycles. The molecule has 6 saturated heterocycles. The summed E-state index contributed by atoms with van der Waals surface area (Å²) in [5.41, 5.74) is 74.2. The van der Waals surface area contributed by atoms with Crippen molar-refractivity contribution in [1.82, 2.24) is 26.2 Å². The van der Waals surface area contributed by atoms with Crippen LogP contribution in [0.2, 0.25) is 0 Å². The molecule has 44 heteroatoms. The predicted molar refractivity (Wildman–Crippen MR) is 398 cm³/mol. The Labute approximate surface area is 642 Å². The van der Waals surface area contributed by atoms with E-state index in [1.165, 1.54) is 23.5 Å². The summed E-state index contributed by atoms with van der Waals surface area (Å²) in [6.07, 6.45) is -29.3. The number of hydrogen-bond donors (Lipinski definition) is 27. The number of nitrogens with two attached hydrogens (primary N) is 12. The minimum atomic E-state index is -1.55. The first-order chi connectivity index (χ1) is 51.1. The Hall–Kier alpha value is -1.36. The van der Waals surface area contributed by atoms with Crippen LogP contribution < -0.4 is 90.1 Å². The average molecular weight is 1620 g/mol. The van der Waals surface area contributed by atoms with Gasteiger partial charge in [-0.25, -0.2) is 0 Å². The van der Waals surface area contributed by atoms with Crippen molar-refractivity contribution in [3.8, 4) is 0 Å². The van der Waals surface area contributed by atoms with Crippen molar-refractivity contribution in [3.05, 3.63) is 0 Å². The first kappa shape index (κ1) is 91.2. The Balaban J connectivity index is 0.752. The quantitative estimate of drug-likeness (QED) is 0.0201. The highest BCUT2D eigenvalue weighted by atomic mass is 32.2. The number of thiocarbonyl (C=S) groups is 2. The first-order valence-electron chi connectivity index (χ1n) is 37.2. The van der Waals surface area contributed by atoms with Crippen LogP contribution in [0.5, 0.6) is 0 Å². The fraction of sp³-hybridized carbons (Fsp3) is 0.968. The molecule has 0 spiro atoms. The van der Waals surface area contributed by atoms with Crippen LogP contribution in [-0.4, -0.2) is 393 Å². The fourth-order valence-electron chi connectivity index (χ4n) is 14.3. The number of nitrogens with one attached hydrogen (secondary N) is 4. The summed E-state index contributed by atoms with van der Waals surface area (Å²) in [4.78, 5) is 2.43. The molecule has 0 aromatic rings. The van der Waals surface area contributed by atoms with Crippen LogP contribution in [0.25, 0.3) is 0 Å². The standard InChI is InChI=1S/C63H125N17O23S4/c64-7-2-1-4-12-80(14-6-9-77-63(105)79-11-16-106-24-36-52(100-57-38(73)43(85)32(82)23-92-57)48(90)60(96-36)103-55-42(84)27(69)18-29(71)51(55)99-58-39(74)46(88)44(86)34(21-66)94-58)13-5-3-8-76-62(104)78-10-15-107-25-37-53(101-59-40(75)47(89)45(87)35(22-67)95-59)49(91)61(97-37)102-54-41(83)26(68)17-28(70)50(54)98-56-30(72)19-31(81)33(20-65)93-56/h26-61,81-91H,1-25,64-75H2,(H2,76,78,104)(H2,77,79,105)/t26-,27-,28?,29?,30?,31+,32-,33?,34?,35?,36-,37-,38-,39?,40-,41?,42?,43?,44-,45-,46-,47?,48+,49+,50+,51+,52+,53+,54-,55-,56+,57-,58+,59-,60?,61?/m1/s1. The number of thioether (sulfide) groups is 2. The molecule has 13 unspecified atom stereocenters. The Morgan fingerprint density at radius 3 is 1.25 bits per heavy atom. The highest BCUT2D eigenvalue weighted by molar-refractivity contribution is 7.99. The molecule has 8 rings (SSSR count). The second-order valence-corrected chi connectivity index (χ2v) is 31.9. The molecule has 6 aliphatic heterocycles. The van der Waals surface area contributed by atoms with Crippen molar-refractivity contribution in [2.24, 2.45) is 68.8 Å². The minimum Gasteiger partial charge on any atom is -0.390 e. The monoisotopic (exact) mass is 1620 g/mol. The van der Waals surface area contributed by atoms with Gasteiger partial charge in [-0.05, 0) is 102 Å². The minimum absolute atomic E-state index is 0.0147. The van der Waals surface area contributed by atoms with Gasteiger partial charge in [0.2, 0.25) is 0 Å². The van der Waals surface area contributed by atoms with Crippen LogP contribution >= 0.6 is 48.0 Å². The lowest BCUT2D eigenvalue weighted by atomic mass is 9.84. The predicted octanol–water partition coefficient (Wildman–Crippen LogP) is -13.1. The van der Waals surface area contributed by atoms with Crippen LogP contribution in [0.3, 0.4) is 0 Å². The van der Waals surface area contributed by atoms with Gasteiger partial charge in [0, 0.05) is 93.0 Å². The lowest BCUT2D eigenvalue weighted by Gasteiger charge is -2.47. The van der Waals surface area contributed by atoms with Crippen LogP contribution in [0.15, 0.2) is 0 Å². The lowest BCUT2D eigenvalue weighted by molar-refractivity contribution is -0.306. The van der Waals surface area contributed by atoms with E-state index < -0.39 is 220 Å². The van der Waals surface area contributed by atoms with Crippen molar-refractivity contribution in [1.29, 1.82) is 0 Å². The maximum atomic E-state index is 11.9. The van der Waals surface area contributed by atoms with Crippen LogP contribution in [-0.2, 0) is 56.8 Å². The van der Waals surface area contributed by atoms with Crippen molar-refractivity contribution in [2.45, 2.75) is 278 Å². The van der Waals surface area contributed by atoms with E-state index in [1.807, 2.05) is 0 Å². The topological polar surface area (TPSA) is 697 Å². The molecule has 0 radical (unpaired) electrons. The maximum Gasteiger partial charge on any atom is 0.187 e. The molecule has 624 valence electrons. The summed E-state index contributed by atoms with van der Waals surface area (Å²) in [5, 5.41) is 134. The van der Waals surface area contributed by atoms with Gasteiger partial charge in [0.1, 0.15) is 97.7 Å². The molecular formula is C63H125N17O23S4. The molecule has 40 nitrogen and oxygen atoms in total. The first-order valence-corrected chi connectivity index (χ1v) is 40.3. The second-order valence-electron chi connectivity index (χ2n) is 28.8. The normalized spacial score (nSPS) is 43.4. The number of rotatable bonds is 39. The van der Waals surface area contributed by atoms with E-state index in [2.05, 4.69) is 26.2 Å². The molecule has 0 bridgehead atoms. The summed E-state index contributed by atoms with van der Waals surface area (Å²) >= 11 is 14.2. The average Bonchev–Trinajstić information content (AvgIpc) is 1.72. The van der Waals surface area contributed by atoms with E-state index in [4.69, 9.17) is 150 Å². The second kappa shape index (κ2) is 44.7. The Morgan fingerprint density at radius 2 is 0.766 bits per heavy atom. The van der Waals surface area contributed by atoms with Gasteiger partial charge in [-0.1, -0.05) is 6.42 Å². The van der Waals surface area contributed by atoms with Crippen LogP contribution in [0.1, 0.15) is 57.8 Å². The zero-order valence-corrected chi connectivity index (χ0v) is 63.6. The van der Waals surface area contributed by atoms with E-state index in [0.29, 0.717) is 54.5 Å². The highest BCUT2D eigenvalue weighted by Crippen LogP contribution is 2.38. The number of aliphatic hydroxyl groups is 11. The molecule has 39 N–H and O–H groups in total. The van der Waals surface area contributed by atoms with Crippen LogP contribution in [0, 0.1) is 0 Å². The molecule has 6 heterocycles. The summed E-state index contributed by atoms with van der Waals surface area (Å²) in [6, 6.07) is -7.93. The number of unbranched alkanes of at least 4 members (excludes halogenated alkanes) is 3. The van der Waals surface area contributed by atoms with E-state index in [9.17, 15) is 56.2 Å². The fourth-order valence-corrected chi connectivity index (χ4v) is 16.5. The van der Waals surface area contributed by atoms with Crippen molar-refractivity contribution < 1.29 is 113 Å². The highest BCUT2D eigenvalue weighted by Gasteiger charge is 2.57. The Morgan fingerprint density at radius 1 is 0.364 bits per heavy atom. The molecule has 8 aliphatic rings. The molecule has 8 fully saturated rings. The van der Waals surface area contributed by atoms with E-state index in [0.717, 1.165) is 58.2 Å². The molecule has 0 aromatic carbocycles. The Kier molecular flexibility index (Phi) is 38.1. The number of ether oxygens (including phenoxy) is 12. The molecule has 0 amide bonds. The van der Waals surface area contributed by atoms with E-state index >= 15 is 0 Å². The molecule has 0 aromatic heterocycles. The lowest BCUT2D eigenvalue weighted by Crippen LogP contribution is -2.68. The van der Waals surface area contributed by atoms with Gasteiger partial charge in [-0.3, -0.25) is 0 Å². The summed E-state index contributed by atoms with van der Waals surface area (Å²) in [7, 11) is 0. The Bertz CT molecular complexity index is 2600. The third-order valence-corrected chi connectivity index (χ3v) is 23.4. The number of nitrogens with zero attached hydrogens (tertiary/aromatic N) is 1. The molecule has 36 atom stereocenters. The summed E-state index contributed by atoms with van der Waals surface area (Å²) in [5.74, 6) is 1.50. The number of aliphatic hydroxyl groups excluding tert-OH is 11. The van der Waals surface area contributed by atoms with Crippen molar-refractivity contribution in [2.75, 3.05) is 102 Å². The summed E-state index contributed by atoms with van der Waals surface area (Å²) < 4.78 is 73.6. The molecule has 2 saturated carbocycles. The SMILES string of the molecule is NCCCCCN(CCCCNC(=S)NCCSC[C@H]1OC(O[C@@H]2C(O)[C@H](N)CC(N)[C@@H]2O[C@@H]2OC(CN)[C@@H](O)CC2N)[C@@H](O)[C@H]1O[C@H]1OC(CN)[C@@H](O)C(O)[C@H]1N)CCCNC(=S)NCCSC[C@H]1OC(O[C@@H]2C(O)[C@H](N)CC(N)[C@@H]2O[C@@H]2OC(CN)[C@@H](O)[C@H](O)C2N)[C@@H](O)[C@H]1O[C@H]1OC[C@@H](O)C(O)[C@H]1N. The molecular weight excluding hydrogens is 1490 g/mol. The largest absolute Gasteiger partial charge is 0.390 e. The smallest absolute Gasteiger partial charge is 0.187 e. The van der Waals surface area contributed by atoms with E-state index in [-0.39, 0.29) is 57.0 Å². The maximum absolute atomic E-state index is 11.9. The van der Waals surface area contributed by atoms with Gasteiger partial charge in [0.05, 0.1) is 67.4 Å². The number of hydrogen-bond acceptors (Lipinski definition) is 40. The van der Waals surface area contributed by atoms with Gasteiger partial charge in [0.15, 0.2) is 48.0 Å². The van der Waals surface area contributed by atoms with Crippen molar-refractivity contribution >= 4 is 58.2 Å². The zero-order valence-electron chi connectivity index (χ0n) is 60.3. The molecule has 107 heavy (non-hydrogen) atoms. The van der Waals surface area contributed by atoms with Gasteiger partial charge in [0.25, 0.3) is 0 Å². The van der Waals surface area contributed by atoms with Gasteiger partial charge in [-0.15, -0.1) is 0 Å². The van der Waals surface area contributed by atoms with Gasteiger partial charge >= 0.3 is 0 Å². The zero-order chi connectivity index (χ0) is 77.9. The third-order valence-electron chi connectivity index (χ3n) is 20.7. The van der Waals surface area contributed by atoms with Gasteiger partial charge in [-0.2, -0.15) is 23.5 Å².